The van der Waals surface area contributed by atoms with Crippen LogP contribution >= 0.6 is 0 Å². The molecule has 0 spiro atoms. The number of esters is 2. The summed E-state index contributed by atoms with van der Waals surface area (Å²) in [5, 5.41) is 2.82. The summed E-state index contributed by atoms with van der Waals surface area (Å²) in [5.41, 5.74) is 0.0484. The maximum atomic E-state index is 11.8. The molecule has 174 valence electrons. The fourth-order valence-electron chi connectivity index (χ4n) is 3.21. The molecule has 0 unspecified atom stereocenters. The highest BCUT2D eigenvalue weighted by Crippen LogP contribution is 2.20. The van der Waals surface area contributed by atoms with Crippen LogP contribution in [0.2, 0.25) is 0 Å². The summed E-state index contributed by atoms with van der Waals surface area (Å²) in [6.07, 6.45) is 7.01. The minimum absolute atomic E-state index is 0.0750. The average Bonchev–Trinajstić information content (AvgIpc) is 2.72. The molecule has 0 heterocycles. The summed E-state index contributed by atoms with van der Waals surface area (Å²) in [4.78, 5) is 34.4. The molecule has 0 aliphatic heterocycles. The first-order valence-electron chi connectivity index (χ1n) is 11.0. The molecule has 0 atom stereocenters. The Labute approximate surface area is 185 Å². The highest BCUT2D eigenvalue weighted by Gasteiger charge is 2.34. The molecule has 1 rings (SSSR count). The van der Waals surface area contributed by atoms with E-state index in [-0.39, 0.29) is 19.1 Å². The van der Waals surface area contributed by atoms with E-state index in [1.807, 2.05) is 24.3 Å². The van der Waals surface area contributed by atoms with Gasteiger partial charge in [0.1, 0.15) is 24.5 Å². The molecule has 0 aromatic heterocycles. The van der Waals surface area contributed by atoms with Crippen LogP contribution in [-0.4, -0.2) is 43.2 Å². The van der Waals surface area contributed by atoms with E-state index in [0.29, 0.717) is 19.4 Å². The van der Waals surface area contributed by atoms with E-state index in [1.54, 1.807) is 0 Å². The lowest BCUT2D eigenvalue weighted by Gasteiger charge is -2.33. The van der Waals surface area contributed by atoms with Gasteiger partial charge in [0.25, 0.3) is 0 Å². The fraction of sp³-hybridized carbons (Fsp3) is 0.625. The van der Waals surface area contributed by atoms with Crippen molar-refractivity contribution in [2.24, 2.45) is 0 Å². The highest BCUT2D eigenvalue weighted by atomic mass is 16.5. The number of hydrogen-bond donors (Lipinski definition) is 1. The largest absolute Gasteiger partial charge is 0.494 e. The van der Waals surface area contributed by atoms with Gasteiger partial charge in [0.05, 0.1) is 6.61 Å². The number of aryl methyl sites for hydroxylation is 1. The first-order valence-corrected chi connectivity index (χ1v) is 11.0. The summed E-state index contributed by atoms with van der Waals surface area (Å²) < 4.78 is 16.1. The summed E-state index contributed by atoms with van der Waals surface area (Å²) in [5.74, 6) is -0.392. The van der Waals surface area contributed by atoms with Crippen LogP contribution in [-0.2, 0) is 30.3 Å². The third-order valence-electron chi connectivity index (χ3n) is 4.88. The van der Waals surface area contributed by atoms with Crippen molar-refractivity contribution in [1.29, 1.82) is 0 Å². The molecule has 0 saturated carbocycles. The van der Waals surface area contributed by atoms with Gasteiger partial charge in [0, 0.05) is 20.8 Å². The van der Waals surface area contributed by atoms with Gasteiger partial charge in [-0.15, -0.1) is 0 Å². The number of ether oxygens (including phenoxy) is 3. The molecule has 0 bridgehead atoms. The van der Waals surface area contributed by atoms with Gasteiger partial charge in [0.15, 0.2) is 0 Å². The SMILES string of the molecule is CCCCCCCOc1ccc(CCC(COC(C)=O)(COC(C)=O)NC(C)=O)cc1. The molecule has 7 nitrogen and oxygen atoms in total. The molecule has 31 heavy (non-hydrogen) atoms. The van der Waals surface area contributed by atoms with Crippen LogP contribution in [0.4, 0.5) is 0 Å². The standard InChI is InChI=1S/C24H37NO6/c1-5-6-7-8-9-16-29-23-12-10-22(11-13-23)14-15-24(25-19(2)26,17-30-20(3)27)18-31-21(4)28/h10-13H,5-9,14-18H2,1-4H3,(H,25,26). The Morgan fingerprint density at radius 3 is 1.97 bits per heavy atom. The molecule has 0 fully saturated rings. The topological polar surface area (TPSA) is 90.9 Å². The number of carbonyl (C=O) groups excluding carboxylic acids is 3. The van der Waals surface area contributed by atoms with Crippen molar-refractivity contribution in [3.63, 3.8) is 0 Å². The zero-order chi connectivity index (χ0) is 23.1. The van der Waals surface area contributed by atoms with Crippen LogP contribution in [0.25, 0.3) is 0 Å². The smallest absolute Gasteiger partial charge is 0.302 e. The van der Waals surface area contributed by atoms with Crippen molar-refractivity contribution in [1.82, 2.24) is 5.32 Å². The van der Waals surface area contributed by atoms with Crippen molar-refractivity contribution in [3.05, 3.63) is 29.8 Å². The van der Waals surface area contributed by atoms with Crippen LogP contribution in [0.15, 0.2) is 24.3 Å². The minimum Gasteiger partial charge on any atom is -0.494 e. The van der Waals surface area contributed by atoms with Gasteiger partial charge in [-0.25, -0.2) is 0 Å². The maximum absolute atomic E-state index is 11.8. The third kappa shape index (κ3) is 12.0. The van der Waals surface area contributed by atoms with Crippen LogP contribution in [0.5, 0.6) is 5.75 Å². The lowest BCUT2D eigenvalue weighted by atomic mass is 9.92. The second-order valence-electron chi connectivity index (χ2n) is 7.93. The molecule has 0 saturated heterocycles. The Morgan fingerprint density at radius 1 is 0.871 bits per heavy atom. The van der Waals surface area contributed by atoms with Crippen molar-refractivity contribution >= 4 is 17.8 Å². The summed E-state index contributed by atoms with van der Waals surface area (Å²) >= 11 is 0. The van der Waals surface area contributed by atoms with E-state index in [2.05, 4.69) is 12.2 Å². The molecule has 1 amide bonds. The molecule has 1 aromatic rings. The maximum Gasteiger partial charge on any atom is 0.302 e. The predicted octanol–water partition coefficient (Wildman–Crippen LogP) is 3.97. The van der Waals surface area contributed by atoms with Crippen molar-refractivity contribution in [2.75, 3.05) is 19.8 Å². The van der Waals surface area contributed by atoms with E-state index in [0.717, 1.165) is 17.7 Å². The van der Waals surface area contributed by atoms with Crippen LogP contribution in [0.3, 0.4) is 0 Å². The second kappa shape index (κ2) is 14.4. The third-order valence-corrected chi connectivity index (χ3v) is 4.88. The second-order valence-corrected chi connectivity index (χ2v) is 7.93. The Balaban J connectivity index is 2.69. The van der Waals surface area contributed by atoms with Gasteiger partial charge in [-0.2, -0.15) is 0 Å². The molecular weight excluding hydrogens is 398 g/mol. The average molecular weight is 436 g/mol. The molecule has 0 aliphatic rings. The molecule has 0 radical (unpaired) electrons. The van der Waals surface area contributed by atoms with Crippen molar-refractivity contribution in [3.8, 4) is 5.75 Å². The van der Waals surface area contributed by atoms with Gasteiger partial charge in [0.2, 0.25) is 5.91 Å². The summed E-state index contributed by atoms with van der Waals surface area (Å²) in [6, 6.07) is 7.81. The van der Waals surface area contributed by atoms with Gasteiger partial charge in [-0.3, -0.25) is 14.4 Å². The first-order chi connectivity index (χ1) is 14.8. The van der Waals surface area contributed by atoms with Gasteiger partial charge >= 0.3 is 11.9 Å². The van der Waals surface area contributed by atoms with E-state index in [4.69, 9.17) is 14.2 Å². The number of hydrogen-bond acceptors (Lipinski definition) is 6. The normalized spacial score (nSPS) is 11.0. The molecule has 1 aromatic carbocycles. The number of nitrogens with one attached hydrogen (secondary N) is 1. The van der Waals surface area contributed by atoms with E-state index < -0.39 is 17.5 Å². The van der Waals surface area contributed by atoms with E-state index in [1.165, 1.54) is 46.5 Å². The van der Waals surface area contributed by atoms with Crippen LogP contribution < -0.4 is 10.1 Å². The van der Waals surface area contributed by atoms with Crippen molar-refractivity contribution < 1.29 is 28.6 Å². The quantitative estimate of drug-likeness (QED) is 0.331. The zero-order valence-corrected chi connectivity index (χ0v) is 19.3. The van der Waals surface area contributed by atoms with Crippen LogP contribution in [0.1, 0.15) is 71.8 Å². The summed E-state index contributed by atoms with van der Waals surface area (Å²) in [7, 11) is 0. The van der Waals surface area contributed by atoms with Gasteiger partial charge in [-0.05, 0) is 37.0 Å². The Hall–Kier alpha value is -2.57. The van der Waals surface area contributed by atoms with Crippen molar-refractivity contribution in [2.45, 2.75) is 78.2 Å². The van der Waals surface area contributed by atoms with E-state index >= 15 is 0 Å². The number of unbranched alkanes of at least 4 members (excludes halogenated alkanes) is 4. The number of amides is 1. The lowest BCUT2D eigenvalue weighted by Crippen LogP contribution is -2.55. The first kappa shape index (κ1) is 26.5. The Morgan fingerprint density at radius 2 is 1.45 bits per heavy atom. The lowest BCUT2D eigenvalue weighted by molar-refractivity contribution is -0.150. The molecule has 7 heteroatoms. The van der Waals surface area contributed by atoms with Gasteiger partial charge in [-0.1, -0.05) is 44.7 Å². The monoisotopic (exact) mass is 435 g/mol. The minimum atomic E-state index is -0.989. The molecular formula is C24H37NO6. The number of benzene rings is 1. The Kier molecular flexibility index (Phi) is 12.3. The Bertz CT molecular complexity index is 668. The highest BCUT2D eigenvalue weighted by molar-refractivity contribution is 5.74. The summed E-state index contributed by atoms with van der Waals surface area (Å²) in [6.45, 7) is 6.73. The van der Waals surface area contributed by atoms with Gasteiger partial charge < -0.3 is 19.5 Å². The molecule has 0 aliphatic carbocycles. The van der Waals surface area contributed by atoms with E-state index in [9.17, 15) is 14.4 Å². The fourth-order valence-corrected chi connectivity index (χ4v) is 3.21. The predicted molar refractivity (Wildman–Crippen MR) is 119 cm³/mol. The number of rotatable bonds is 15. The zero-order valence-electron chi connectivity index (χ0n) is 19.3. The molecule has 1 N–H and O–H groups in total. The number of carbonyl (C=O) groups is 3. The van der Waals surface area contributed by atoms with Crippen LogP contribution in [0, 0.1) is 0 Å².